The van der Waals surface area contributed by atoms with E-state index in [1.54, 1.807) is 23.5 Å². The third-order valence-corrected chi connectivity index (χ3v) is 7.56. The van der Waals surface area contributed by atoms with Crippen LogP contribution in [-0.2, 0) is 20.3 Å². The van der Waals surface area contributed by atoms with E-state index < -0.39 is 20.9 Å². The third-order valence-electron chi connectivity index (χ3n) is 3.63. The van der Waals surface area contributed by atoms with Gasteiger partial charge in [0.2, 0.25) is 10.1 Å². The fourth-order valence-electron chi connectivity index (χ4n) is 2.35. The Morgan fingerprint density at radius 3 is 1.71 bits per heavy atom. The first-order chi connectivity index (χ1) is 11.3. The second kappa shape index (κ2) is 9.07. The van der Waals surface area contributed by atoms with Gasteiger partial charge < -0.3 is 9.47 Å². The summed E-state index contributed by atoms with van der Waals surface area (Å²) in [5.74, 6) is 1.40. The van der Waals surface area contributed by atoms with E-state index in [2.05, 4.69) is 34.3 Å². The van der Waals surface area contributed by atoms with Crippen LogP contribution in [0.1, 0.15) is 40.5 Å². The number of ether oxygens (including phenoxy) is 2. The number of rotatable bonds is 10. The van der Waals surface area contributed by atoms with Gasteiger partial charge in [-0.05, 0) is 26.7 Å². The largest absolute Gasteiger partial charge is 0.319 e. The van der Waals surface area contributed by atoms with Crippen molar-refractivity contribution in [2.45, 2.75) is 61.2 Å². The van der Waals surface area contributed by atoms with Crippen LogP contribution in [-0.4, -0.2) is 49.8 Å². The van der Waals surface area contributed by atoms with E-state index in [0.29, 0.717) is 35.5 Å². The predicted molar refractivity (Wildman–Crippen MR) is 99.6 cm³/mol. The topological polar surface area (TPSA) is 85.0 Å². The normalized spacial score (nSPS) is 33.0. The molecule has 7 nitrogen and oxygen atoms in total. The molecular formula is C14H26N4O3S3. The maximum Gasteiger partial charge on any atom is 0.225 e. The van der Waals surface area contributed by atoms with E-state index in [1.165, 1.54) is 0 Å². The second-order valence-electron chi connectivity index (χ2n) is 6.11. The van der Waals surface area contributed by atoms with Crippen LogP contribution in [0.2, 0.25) is 0 Å². The zero-order valence-electron chi connectivity index (χ0n) is 14.6. The monoisotopic (exact) mass is 394 g/mol. The highest BCUT2D eigenvalue weighted by Crippen LogP contribution is 2.37. The van der Waals surface area contributed by atoms with Crippen molar-refractivity contribution in [1.29, 1.82) is 0 Å². The van der Waals surface area contributed by atoms with E-state index in [-0.39, 0.29) is 0 Å². The summed E-state index contributed by atoms with van der Waals surface area (Å²) in [7, 11) is -0.811. The molecule has 0 aromatic heterocycles. The van der Waals surface area contributed by atoms with Crippen molar-refractivity contribution in [3.8, 4) is 0 Å². The van der Waals surface area contributed by atoms with Crippen LogP contribution < -0.4 is 0 Å². The van der Waals surface area contributed by atoms with Gasteiger partial charge in [-0.25, -0.2) is 0 Å². The van der Waals surface area contributed by atoms with Crippen LogP contribution in [0, 0.1) is 0 Å². The summed E-state index contributed by atoms with van der Waals surface area (Å²) in [4.78, 5) is 0. The average Bonchev–Trinajstić information content (AvgIpc) is 3.12. The molecule has 2 heterocycles. The molecule has 0 aliphatic carbocycles. The molecule has 0 saturated heterocycles. The molecule has 0 radical (unpaired) electrons. The van der Waals surface area contributed by atoms with Crippen molar-refractivity contribution in [3.63, 3.8) is 0 Å². The fraction of sp³-hybridized carbons (Fsp3) is 1.00. The quantitative estimate of drug-likeness (QED) is 0.559. The Hall–Kier alpha value is -0.0300. The molecule has 0 fully saturated rings. The summed E-state index contributed by atoms with van der Waals surface area (Å²) in [6.45, 7) is 8.74. The second-order valence-corrected chi connectivity index (χ2v) is 11.4. The highest BCUT2D eigenvalue weighted by atomic mass is 32.2. The Balaban J connectivity index is 1.60. The van der Waals surface area contributed by atoms with Crippen molar-refractivity contribution in [2.24, 2.45) is 20.5 Å². The molecule has 4 unspecified atom stereocenters. The van der Waals surface area contributed by atoms with E-state index in [4.69, 9.17) is 9.47 Å². The average molecular weight is 395 g/mol. The van der Waals surface area contributed by atoms with Crippen LogP contribution >= 0.6 is 23.5 Å². The highest BCUT2D eigenvalue weighted by Gasteiger charge is 2.32. The standard InChI is InChI=1S/C14H26N4O3S3/c1-11(22-13(3)17-15-9-20-13)5-7-24(19)8-6-12(2)23-14(4)18-16-10-21-14/h11-12H,5-10H2,1-4H3. The molecule has 138 valence electrons. The summed E-state index contributed by atoms with van der Waals surface area (Å²) in [5.41, 5.74) is 0. The van der Waals surface area contributed by atoms with Gasteiger partial charge in [0.15, 0.2) is 13.5 Å². The van der Waals surface area contributed by atoms with Crippen molar-refractivity contribution in [3.05, 3.63) is 0 Å². The number of hydrogen-bond donors (Lipinski definition) is 0. The predicted octanol–water partition coefficient (Wildman–Crippen LogP) is 3.99. The van der Waals surface area contributed by atoms with E-state index in [1.807, 2.05) is 13.8 Å². The third kappa shape index (κ3) is 6.70. The maximum atomic E-state index is 12.2. The first-order valence-corrected chi connectivity index (χ1v) is 11.3. The minimum atomic E-state index is -0.811. The molecule has 10 heteroatoms. The summed E-state index contributed by atoms with van der Waals surface area (Å²) >= 11 is 3.27. The molecule has 2 aliphatic rings. The van der Waals surface area contributed by atoms with Crippen molar-refractivity contribution in [2.75, 3.05) is 25.0 Å². The lowest BCUT2D eigenvalue weighted by atomic mass is 10.4. The lowest BCUT2D eigenvalue weighted by Gasteiger charge is -2.22. The van der Waals surface area contributed by atoms with Gasteiger partial charge >= 0.3 is 0 Å². The zero-order valence-corrected chi connectivity index (χ0v) is 17.1. The van der Waals surface area contributed by atoms with Gasteiger partial charge in [-0.3, -0.25) is 4.21 Å². The maximum absolute atomic E-state index is 12.2. The van der Waals surface area contributed by atoms with E-state index in [0.717, 1.165) is 12.8 Å². The first-order valence-electron chi connectivity index (χ1n) is 8.06. The lowest BCUT2D eigenvalue weighted by Crippen LogP contribution is -2.22. The Morgan fingerprint density at radius 2 is 1.38 bits per heavy atom. The molecule has 24 heavy (non-hydrogen) atoms. The lowest BCUT2D eigenvalue weighted by molar-refractivity contribution is 0.0864. The smallest absolute Gasteiger partial charge is 0.225 e. The molecule has 0 spiro atoms. The minimum Gasteiger partial charge on any atom is -0.319 e. The van der Waals surface area contributed by atoms with Gasteiger partial charge in [0.1, 0.15) is 0 Å². The van der Waals surface area contributed by atoms with Gasteiger partial charge in [-0.15, -0.1) is 10.2 Å². The molecule has 0 saturated carbocycles. The SMILES string of the molecule is CC(CCS(=O)CCC(C)SC1(C)N=NCO1)SC1(C)N=NCO1. The zero-order chi connectivity index (χ0) is 17.6. The summed E-state index contributed by atoms with van der Waals surface area (Å²) in [6, 6.07) is 0. The van der Waals surface area contributed by atoms with Gasteiger partial charge in [0.05, 0.1) is 0 Å². The minimum absolute atomic E-state index is 0.328. The summed E-state index contributed by atoms with van der Waals surface area (Å²) in [6.07, 6.45) is 1.75. The van der Waals surface area contributed by atoms with Crippen LogP contribution in [0.3, 0.4) is 0 Å². The molecule has 2 rings (SSSR count). The summed E-state index contributed by atoms with van der Waals surface area (Å²) < 4.78 is 23.2. The Labute approximate surface area is 154 Å². The number of hydrogen-bond acceptors (Lipinski definition) is 9. The summed E-state index contributed by atoms with van der Waals surface area (Å²) in [5, 5.41) is 15.5. The van der Waals surface area contributed by atoms with E-state index in [9.17, 15) is 4.21 Å². The Kier molecular flexibility index (Phi) is 7.66. The molecule has 0 N–H and O–H groups in total. The molecule has 0 amide bonds. The van der Waals surface area contributed by atoms with Crippen molar-refractivity contribution < 1.29 is 13.7 Å². The Morgan fingerprint density at radius 1 is 0.958 bits per heavy atom. The van der Waals surface area contributed by atoms with Crippen LogP contribution in [0.25, 0.3) is 0 Å². The molecule has 0 aromatic carbocycles. The Bertz CT molecular complexity index is 466. The number of thioether (sulfide) groups is 2. The van der Waals surface area contributed by atoms with E-state index >= 15 is 0 Å². The first kappa shape index (κ1) is 20.3. The number of nitrogens with zero attached hydrogens (tertiary/aromatic N) is 4. The molecule has 4 atom stereocenters. The van der Waals surface area contributed by atoms with Crippen LogP contribution in [0.4, 0.5) is 0 Å². The fourth-order valence-corrected chi connectivity index (χ4v) is 6.50. The number of azo groups is 2. The highest BCUT2D eigenvalue weighted by molar-refractivity contribution is 8.01. The van der Waals surface area contributed by atoms with Gasteiger partial charge in [0.25, 0.3) is 0 Å². The molecular weight excluding hydrogens is 368 g/mol. The van der Waals surface area contributed by atoms with Crippen molar-refractivity contribution >= 4 is 34.3 Å². The van der Waals surface area contributed by atoms with Gasteiger partial charge in [-0.1, -0.05) is 37.4 Å². The van der Waals surface area contributed by atoms with Gasteiger partial charge in [-0.2, -0.15) is 10.2 Å². The molecule has 0 aromatic rings. The van der Waals surface area contributed by atoms with Crippen molar-refractivity contribution in [1.82, 2.24) is 0 Å². The molecule has 2 aliphatic heterocycles. The van der Waals surface area contributed by atoms with Crippen LogP contribution in [0.15, 0.2) is 20.5 Å². The molecule has 0 bridgehead atoms. The van der Waals surface area contributed by atoms with Gasteiger partial charge in [0, 0.05) is 32.8 Å². The van der Waals surface area contributed by atoms with Crippen LogP contribution in [0.5, 0.6) is 0 Å².